The van der Waals surface area contributed by atoms with Crippen molar-refractivity contribution in [2.24, 2.45) is 9.98 Å². The summed E-state index contributed by atoms with van der Waals surface area (Å²) < 4.78 is 31.0. The number of rotatable bonds is 3. The largest absolute Gasteiger partial charge is 0.342 e. The molecule has 1 aromatic rings. The zero-order valence-electron chi connectivity index (χ0n) is 12.1. The monoisotopic (exact) mass is 360 g/mol. The fourth-order valence-corrected chi connectivity index (χ4v) is 2.95. The molecule has 0 spiro atoms. The number of nitrogens with one attached hydrogen (secondary N) is 2. The van der Waals surface area contributed by atoms with E-state index >= 15 is 0 Å². The number of aliphatic imine (C=N–C) groups is 2. The van der Waals surface area contributed by atoms with Gasteiger partial charge in [-0.05, 0) is 12.1 Å². The number of guanidine groups is 1. The van der Waals surface area contributed by atoms with Crippen LogP contribution >= 0.6 is 11.6 Å². The van der Waals surface area contributed by atoms with Gasteiger partial charge in [0.1, 0.15) is 10.0 Å². The van der Waals surface area contributed by atoms with E-state index in [2.05, 4.69) is 20.3 Å². The second-order valence-corrected chi connectivity index (χ2v) is 6.29. The molecule has 2 N–H and O–H groups in total. The van der Waals surface area contributed by atoms with E-state index in [1.54, 1.807) is 16.7 Å². The van der Waals surface area contributed by atoms with Crippen LogP contribution in [0.15, 0.2) is 33.2 Å². The van der Waals surface area contributed by atoms with Crippen LogP contribution in [0.25, 0.3) is 0 Å². The van der Waals surface area contributed by atoms with Crippen LogP contribution in [0.3, 0.4) is 0 Å². The van der Waals surface area contributed by atoms with E-state index in [4.69, 9.17) is 16.3 Å². The maximum absolute atomic E-state index is 12.1. The van der Waals surface area contributed by atoms with Crippen molar-refractivity contribution in [2.45, 2.75) is 11.2 Å². The molecule has 12 heteroatoms. The van der Waals surface area contributed by atoms with E-state index in [1.165, 1.54) is 31.8 Å². The van der Waals surface area contributed by atoms with E-state index < -0.39 is 22.4 Å². The van der Waals surface area contributed by atoms with E-state index in [-0.39, 0.29) is 16.0 Å². The third kappa shape index (κ3) is 4.15. The SMILES string of the molecule is COC1N=C(NC(=O)NS(=O)(=O)c2cccnc2Cl)N=CN1C. The lowest BCUT2D eigenvalue weighted by Gasteiger charge is -2.24. The van der Waals surface area contributed by atoms with E-state index in [1.807, 2.05) is 0 Å². The summed E-state index contributed by atoms with van der Waals surface area (Å²) in [4.78, 5) is 24.5. The number of halogens is 1. The van der Waals surface area contributed by atoms with Crippen molar-refractivity contribution < 1.29 is 17.9 Å². The van der Waals surface area contributed by atoms with Gasteiger partial charge in [-0.15, -0.1) is 0 Å². The van der Waals surface area contributed by atoms with Gasteiger partial charge >= 0.3 is 6.03 Å². The molecule has 0 saturated carbocycles. The number of urea groups is 1. The normalized spacial score (nSPS) is 17.6. The standard InChI is InChI=1S/C11H13ClN6O4S/c1-18-6-14-9(16-11(18)22-2)15-10(19)17-23(20,21)7-4-3-5-13-8(7)12/h3-6,11H,1-2H3,(H2,15,16,17,19). The van der Waals surface area contributed by atoms with Crippen LogP contribution in [0.1, 0.15) is 0 Å². The Hall–Kier alpha value is -2.24. The van der Waals surface area contributed by atoms with Gasteiger partial charge in [-0.1, -0.05) is 11.6 Å². The number of nitrogens with zero attached hydrogens (tertiary/aromatic N) is 4. The molecule has 1 aliphatic rings. The maximum atomic E-state index is 12.1. The lowest BCUT2D eigenvalue weighted by atomic mass is 10.5. The second kappa shape index (κ2) is 6.89. The van der Waals surface area contributed by atoms with Gasteiger partial charge in [-0.2, -0.15) is 4.99 Å². The van der Waals surface area contributed by atoms with E-state index in [0.717, 1.165) is 0 Å². The van der Waals surface area contributed by atoms with Gasteiger partial charge in [0.15, 0.2) is 0 Å². The lowest BCUT2D eigenvalue weighted by Crippen LogP contribution is -2.45. The first kappa shape index (κ1) is 17.1. The van der Waals surface area contributed by atoms with Gasteiger partial charge in [0.25, 0.3) is 10.0 Å². The predicted octanol–water partition coefficient (Wildman–Crippen LogP) is -0.0174. The lowest BCUT2D eigenvalue weighted by molar-refractivity contribution is 0.0279. The average molecular weight is 361 g/mol. The summed E-state index contributed by atoms with van der Waals surface area (Å²) in [6, 6.07) is 1.56. The summed E-state index contributed by atoms with van der Waals surface area (Å²) >= 11 is 5.71. The van der Waals surface area contributed by atoms with Crippen LogP contribution in [-0.2, 0) is 14.8 Å². The highest BCUT2D eigenvalue weighted by molar-refractivity contribution is 7.90. The summed E-state index contributed by atoms with van der Waals surface area (Å²) in [5, 5.41) is 1.95. The molecule has 2 rings (SSSR count). The number of methoxy groups -OCH3 is 1. The van der Waals surface area contributed by atoms with Gasteiger partial charge in [0.2, 0.25) is 12.3 Å². The predicted molar refractivity (Wildman–Crippen MR) is 82.6 cm³/mol. The molecule has 1 aliphatic heterocycles. The molecule has 1 atom stereocenters. The fourth-order valence-electron chi connectivity index (χ4n) is 1.59. The van der Waals surface area contributed by atoms with Crippen molar-refractivity contribution in [1.29, 1.82) is 0 Å². The zero-order valence-corrected chi connectivity index (χ0v) is 13.7. The van der Waals surface area contributed by atoms with Crippen molar-refractivity contribution in [3.63, 3.8) is 0 Å². The van der Waals surface area contributed by atoms with E-state index in [9.17, 15) is 13.2 Å². The van der Waals surface area contributed by atoms with Gasteiger partial charge in [-0.25, -0.2) is 27.9 Å². The molecule has 10 nitrogen and oxygen atoms in total. The summed E-state index contributed by atoms with van der Waals surface area (Å²) in [6.07, 6.45) is 2.03. The Morgan fingerprint density at radius 1 is 1.48 bits per heavy atom. The summed E-state index contributed by atoms with van der Waals surface area (Å²) in [7, 11) is -1.08. The van der Waals surface area contributed by atoms with E-state index in [0.29, 0.717) is 0 Å². The van der Waals surface area contributed by atoms with Crippen LogP contribution in [0, 0.1) is 0 Å². The molecule has 0 saturated heterocycles. The average Bonchev–Trinajstić information content (AvgIpc) is 2.48. The van der Waals surface area contributed by atoms with Crippen molar-refractivity contribution >= 4 is 40.0 Å². The molecule has 1 unspecified atom stereocenters. The van der Waals surface area contributed by atoms with Crippen LogP contribution in [0.5, 0.6) is 0 Å². The first-order valence-corrected chi connectivity index (χ1v) is 8.00. The van der Waals surface area contributed by atoms with Crippen molar-refractivity contribution in [3.05, 3.63) is 23.5 Å². The summed E-state index contributed by atoms with van der Waals surface area (Å²) in [5.41, 5.74) is 0. The van der Waals surface area contributed by atoms with Crippen molar-refractivity contribution in [1.82, 2.24) is 19.9 Å². The number of carbonyl (C=O) groups is 1. The smallest absolute Gasteiger partial charge is 0.335 e. The fraction of sp³-hybridized carbons (Fsp3) is 0.273. The van der Waals surface area contributed by atoms with Gasteiger partial charge < -0.3 is 9.64 Å². The number of pyridine rings is 1. The molecule has 23 heavy (non-hydrogen) atoms. The first-order valence-electron chi connectivity index (χ1n) is 6.14. The third-order valence-corrected chi connectivity index (χ3v) is 4.40. The molecule has 0 aliphatic carbocycles. The minimum atomic E-state index is -4.18. The van der Waals surface area contributed by atoms with Crippen molar-refractivity contribution in [3.8, 4) is 0 Å². The van der Waals surface area contributed by atoms with Crippen LogP contribution in [0.4, 0.5) is 4.79 Å². The number of aromatic nitrogens is 1. The Labute approximate surface area is 137 Å². The van der Waals surface area contributed by atoms with Crippen LogP contribution < -0.4 is 10.0 Å². The number of sulfonamides is 1. The topological polar surface area (TPSA) is 125 Å². The minimum Gasteiger partial charge on any atom is -0.342 e. The van der Waals surface area contributed by atoms with Crippen LogP contribution in [-0.4, -0.2) is 57.1 Å². The molecule has 2 amide bonds. The molecule has 124 valence electrons. The second-order valence-electron chi connectivity index (χ2n) is 4.28. The van der Waals surface area contributed by atoms with Crippen LogP contribution in [0.2, 0.25) is 5.15 Å². The molecule has 0 radical (unpaired) electrons. The molecule has 0 aromatic carbocycles. The Bertz CT molecular complexity index is 766. The van der Waals surface area contributed by atoms with Gasteiger partial charge in [-0.3, -0.25) is 5.32 Å². The molecule has 0 fully saturated rings. The molecular weight excluding hydrogens is 348 g/mol. The van der Waals surface area contributed by atoms with Gasteiger partial charge in [0.05, 0.1) is 6.34 Å². The number of hydrogen-bond acceptors (Lipinski definition) is 8. The quantitative estimate of drug-likeness (QED) is 0.730. The number of ether oxygens (including phenoxy) is 1. The Morgan fingerprint density at radius 3 is 2.87 bits per heavy atom. The maximum Gasteiger partial charge on any atom is 0.335 e. The Morgan fingerprint density at radius 2 is 2.22 bits per heavy atom. The van der Waals surface area contributed by atoms with Crippen molar-refractivity contribution in [2.75, 3.05) is 14.2 Å². The molecule has 2 heterocycles. The van der Waals surface area contributed by atoms with Gasteiger partial charge in [0, 0.05) is 20.4 Å². The Balaban J connectivity index is 2.08. The highest BCUT2D eigenvalue weighted by Gasteiger charge is 2.23. The zero-order chi connectivity index (χ0) is 17.0. The minimum absolute atomic E-state index is 0.0973. The third-order valence-electron chi connectivity index (χ3n) is 2.62. The number of carbonyl (C=O) groups excluding carboxylic acids is 1. The highest BCUT2D eigenvalue weighted by atomic mass is 35.5. The summed E-state index contributed by atoms with van der Waals surface area (Å²) in [5.74, 6) is -0.0973. The first-order chi connectivity index (χ1) is 10.8. The molecular formula is C11H13ClN6O4S. The Kier molecular flexibility index (Phi) is 5.13. The highest BCUT2D eigenvalue weighted by Crippen LogP contribution is 2.17. The molecule has 0 bridgehead atoms. The molecule has 1 aromatic heterocycles. The number of amides is 2. The number of hydrogen-bond donors (Lipinski definition) is 2. The summed E-state index contributed by atoms with van der Waals surface area (Å²) in [6.45, 7) is 0.